The summed E-state index contributed by atoms with van der Waals surface area (Å²) in [5.41, 5.74) is 2.75. The highest BCUT2D eigenvalue weighted by Gasteiger charge is 2.16. The van der Waals surface area contributed by atoms with Gasteiger partial charge in [0, 0.05) is 0 Å². The molecule has 1 heterocycles. The Bertz CT molecular complexity index is 503. The minimum absolute atomic E-state index is 0.377. The van der Waals surface area contributed by atoms with E-state index in [1.165, 1.54) is 0 Å². The third kappa shape index (κ3) is 2.40. The van der Waals surface area contributed by atoms with E-state index in [9.17, 15) is 5.11 Å². The van der Waals surface area contributed by atoms with Gasteiger partial charge in [-0.05, 0) is 25.0 Å². The van der Waals surface area contributed by atoms with Crippen molar-refractivity contribution in [3.63, 3.8) is 0 Å². The van der Waals surface area contributed by atoms with Gasteiger partial charge in [0.25, 0.3) is 0 Å². The summed E-state index contributed by atoms with van der Waals surface area (Å²) >= 11 is 0. The predicted octanol–water partition coefficient (Wildman–Crippen LogP) is 3.48. The quantitative estimate of drug-likeness (QED) is 0.874. The summed E-state index contributed by atoms with van der Waals surface area (Å²) < 4.78 is 1.88. The van der Waals surface area contributed by atoms with E-state index < -0.39 is 0 Å². The van der Waals surface area contributed by atoms with Crippen LogP contribution in [0.5, 0.6) is 5.75 Å². The van der Waals surface area contributed by atoms with Crippen LogP contribution >= 0.6 is 0 Å². The smallest absolute Gasteiger partial charge is 0.160 e. The van der Waals surface area contributed by atoms with E-state index in [0.717, 1.165) is 42.8 Å². The van der Waals surface area contributed by atoms with Gasteiger partial charge in [-0.1, -0.05) is 44.9 Å². The zero-order valence-electron chi connectivity index (χ0n) is 11.1. The van der Waals surface area contributed by atoms with Crippen molar-refractivity contribution in [2.45, 2.75) is 39.5 Å². The van der Waals surface area contributed by atoms with Gasteiger partial charge in [0.1, 0.15) is 5.69 Å². The molecule has 2 aromatic rings. The largest absolute Gasteiger partial charge is 0.504 e. The van der Waals surface area contributed by atoms with Crippen molar-refractivity contribution in [3.05, 3.63) is 41.7 Å². The Balaban J connectivity index is 2.48. The summed E-state index contributed by atoms with van der Waals surface area (Å²) in [4.78, 5) is 0. The van der Waals surface area contributed by atoms with E-state index in [1.54, 1.807) is 0 Å². The van der Waals surface area contributed by atoms with Crippen LogP contribution < -0.4 is 0 Å². The second kappa shape index (κ2) is 5.71. The molecule has 0 radical (unpaired) electrons. The van der Waals surface area contributed by atoms with E-state index in [0.29, 0.717) is 5.75 Å². The van der Waals surface area contributed by atoms with Crippen LogP contribution in [0, 0.1) is 0 Å². The summed E-state index contributed by atoms with van der Waals surface area (Å²) in [5, 5.41) is 14.8. The van der Waals surface area contributed by atoms with Crippen molar-refractivity contribution in [2.24, 2.45) is 0 Å². The fourth-order valence-corrected chi connectivity index (χ4v) is 2.14. The molecule has 2 rings (SSSR count). The molecule has 0 fully saturated rings. The van der Waals surface area contributed by atoms with E-state index in [2.05, 4.69) is 18.9 Å². The molecule has 1 aromatic carbocycles. The summed E-state index contributed by atoms with van der Waals surface area (Å²) in [7, 11) is 0. The maximum Gasteiger partial charge on any atom is 0.160 e. The van der Waals surface area contributed by atoms with Gasteiger partial charge in [-0.25, -0.2) is 4.68 Å². The Hall–Kier alpha value is -1.77. The van der Waals surface area contributed by atoms with E-state index in [-0.39, 0.29) is 0 Å². The lowest BCUT2D eigenvalue weighted by Crippen LogP contribution is -2.02. The Labute approximate surface area is 108 Å². The maximum atomic E-state index is 10.2. The van der Waals surface area contributed by atoms with E-state index in [1.807, 2.05) is 35.0 Å². The number of hydrogen-bond donors (Lipinski definition) is 1. The van der Waals surface area contributed by atoms with E-state index >= 15 is 0 Å². The van der Waals surface area contributed by atoms with Crippen LogP contribution in [0.15, 0.2) is 30.3 Å². The van der Waals surface area contributed by atoms with Crippen molar-refractivity contribution in [2.75, 3.05) is 0 Å². The van der Waals surface area contributed by atoms with Gasteiger partial charge in [0.15, 0.2) is 5.75 Å². The van der Waals surface area contributed by atoms with Gasteiger partial charge in [0.2, 0.25) is 0 Å². The van der Waals surface area contributed by atoms with Gasteiger partial charge >= 0.3 is 0 Å². The van der Waals surface area contributed by atoms with Crippen molar-refractivity contribution < 1.29 is 5.11 Å². The average Bonchev–Trinajstić information content (AvgIpc) is 2.70. The predicted molar refractivity (Wildman–Crippen MR) is 73.2 cm³/mol. The van der Waals surface area contributed by atoms with Crippen LogP contribution in [0.1, 0.15) is 38.1 Å². The Kier molecular flexibility index (Phi) is 4.03. The van der Waals surface area contributed by atoms with Crippen LogP contribution in [0.2, 0.25) is 0 Å². The first-order chi connectivity index (χ1) is 8.77. The molecule has 3 nitrogen and oxygen atoms in total. The number of aryl methyl sites for hydroxylation is 1. The molecule has 1 N–H and O–H groups in total. The molecule has 0 unspecified atom stereocenters. The highest BCUT2D eigenvalue weighted by atomic mass is 16.3. The first kappa shape index (κ1) is 12.7. The van der Waals surface area contributed by atoms with Crippen LogP contribution in [0.4, 0.5) is 0 Å². The van der Waals surface area contributed by atoms with Crippen LogP contribution in [0.3, 0.4) is 0 Å². The van der Waals surface area contributed by atoms with Gasteiger partial charge in [-0.2, -0.15) is 5.10 Å². The molecule has 0 aliphatic rings. The molecule has 0 saturated heterocycles. The standard InChI is InChI=1S/C15H20N2O/c1-3-8-13-15(18)14(9-4-2)17(16-13)12-10-6-5-7-11-12/h5-7,10-11,18H,3-4,8-9H2,1-2H3. The monoisotopic (exact) mass is 244 g/mol. The molecule has 0 aliphatic heterocycles. The topological polar surface area (TPSA) is 38.0 Å². The first-order valence-corrected chi connectivity index (χ1v) is 6.63. The van der Waals surface area contributed by atoms with Gasteiger partial charge in [-0.3, -0.25) is 0 Å². The highest BCUT2D eigenvalue weighted by molar-refractivity contribution is 5.40. The highest BCUT2D eigenvalue weighted by Crippen LogP contribution is 2.27. The van der Waals surface area contributed by atoms with Gasteiger partial charge in [0.05, 0.1) is 11.4 Å². The van der Waals surface area contributed by atoms with Crippen LogP contribution in [-0.4, -0.2) is 14.9 Å². The average molecular weight is 244 g/mol. The number of hydrogen-bond acceptors (Lipinski definition) is 2. The molecule has 18 heavy (non-hydrogen) atoms. The van der Waals surface area contributed by atoms with Crippen LogP contribution in [-0.2, 0) is 12.8 Å². The maximum absolute atomic E-state index is 10.2. The molecule has 0 spiro atoms. The second-order valence-electron chi connectivity index (χ2n) is 4.49. The fourth-order valence-electron chi connectivity index (χ4n) is 2.14. The molecule has 1 aromatic heterocycles. The molecular weight excluding hydrogens is 224 g/mol. The number of rotatable bonds is 5. The van der Waals surface area contributed by atoms with Crippen molar-refractivity contribution in [1.82, 2.24) is 9.78 Å². The summed E-state index contributed by atoms with van der Waals surface area (Å²) in [6.45, 7) is 4.21. The van der Waals surface area contributed by atoms with Crippen LogP contribution in [0.25, 0.3) is 5.69 Å². The number of aromatic hydroxyl groups is 1. The molecule has 0 aliphatic carbocycles. The van der Waals surface area contributed by atoms with Crippen molar-refractivity contribution in [1.29, 1.82) is 0 Å². The number of benzene rings is 1. The minimum Gasteiger partial charge on any atom is -0.504 e. The molecule has 0 bridgehead atoms. The van der Waals surface area contributed by atoms with Crippen molar-refractivity contribution in [3.8, 4) is 11.4 Å². The fraction of sp³-hybridized carbons (Fsp3) is 0.400. The Morgan fingerprint density at radius 3 is 2.33 bits per heavy atom. The van der Waals surface area contributed by atoms with Gasteiger partial charge < -0.3 is 5.11 Å². The lowest BCUT2D eigenvalue weighted by Gasteiger charge is -2.06. The molecular formula is C15H20N2O. The lowest BCUT2D eigenvalue weighted by atomic mass is 10.1. The Morgan fingerprint density at radius 1 is 1.06 bits per heavy atom. The third-order valence-corrected chi connectivity index (χ3v) is 3.00. The normalized spacial score (nSPS) is 10.8. The summed E-state index contributed by atoms with van der Waals surface area (Å²) in [6, 6.07) is 9.99. The summed E-state index contributed by atoms with van der Waals surface area (Å²) in [6.07, 6.45) is 3.66. The first-order valence-electron chi connectivity index (χ1n) is 6.63. The number of para-hydroxylation sites is 1. The minimum atomic E-state index is 0.377. The third-order valence-electron chi connectivity index (χ3n) is 3.00. The number of aromatic nitrogens is 2. The molecule has 0 saturated carbocycles. The molecule has 3 heteroatoms. The second-order valence-corrected chi connectivity index (χ2v) is 4.49. The molecule has 0 amide bonds. The molecule has 96 valence electrons. The lowest BCUT2D eigenvalue weighted by molar-refractivity contribution is 0.459. The summed E-state index contributed by atoms with van der Waals surface area (Å²) in [5.74, 6) is 0.377. The Morgan fingerprint density at radius 2 is 1.72 bits per heavy atom. The van der Waals surface area contributed by atoms with Crippen molar-refractivity contribution >= 4 is 0 Å². The zero-order valence-corrected chi connectivity index (χ0v) is 11.1. The van der Waals surface area contributed by atoms with Gasteiger partial charge in [-0.15, -0.1) is 0 Å². The van der Waals surface area contributed by atoms with E-state index in [4.69, 9.17) is 0 Å². The number of nitrogens with zero attached hydrogens (tertiary/aromatic N) is 2. The zero-order chi connectivity index (χ0) is 13.0. The SMILES string of the molecule is CCCc1nn(-c2ccccc2)c(CCC)c1O. The molecule has 0 atom stereocenters.